The van der Waals surface area contributed by atoms with Gasteiger partial charge < -0.3 is 25.0 Å². The van der Waals surface area contributed by atoms with Crippen LogP contribution in [0.4, 0.5) is 18.0 Å². The van der Waals surface area contributed by atoms with Gasteiger partial charge in [0.2, 0.25) is 11.8 Å². The van der Waals surface area contributed by atoms with E-state index in [-0.39, 0.29) is 51.1 Å². The van der Waals surface area contributed by atoms with Crippen LogP contribution in [-0.2, 0) is 36.7 Å². The molecule has 0 saturated carbocycles. The number of likely N-dealkylation sites (tertiary alicyclic amines) is 1. The number of alkyl carbamates (subject to hydrolysis) is 1. The van der Waals surface area contributed by atoms with E-state index in [4.69, 9.17) is 9.47 Å². The van der Waals surface area contributed by atoms with Gasteiger partial charge in [-0.3, -0.25) is 19.4 Å². The molecule has 52 heavy (non-hydrogen) atoms. The normalized spacial score (nSPS) is 18.2. The standard InChI is InChI=1S/C36H45F3N6O7/c1-7-51-29(47)24-14-11-23(12-15-24)13-16-26(41-30(48)34(5,6)42-32(50)52-33(2,3)4)28(46)44-19-17-27-35(21-44,20-25-10-8-9-18-40-25)31(49)45(43-27)22-36(37,38)39/h8-12,14-15,18,26H,7,13,16-17,19-22H2,1-6H3,(H,41,48)(H,42,50)/t26?,35-/m1/s1. The first-order chi connectivity index (χ1) is 24.2. The zero-order valence-electron chi connectivity index (χ0n) is 30.1. The van der Waals surface area contributed by atoms with Crippen molar-refractivity contribution in [3.05, 3.63) is 65.5 Å². The topological polar surface area (TPSA) is 160 Å². The molecule has 3 heterocycles. The van der Waals surface area contributed by atoms with Gasteiger partial charge in [0.05, 0.1) is 17.9 Å². The lowest BCUT2D eigenvalue weighted by atomic mass is 9.74. The highest BCUT2D eigenvalue weighted by Crippen LogP contribution is 2.39. The van der Waals surface area contributed by atoms with Crippen molar-refractivity contribution in [1.82, 2.24) is 25.5 Å². The second-order valence-corrected chi connectivity index (χ2v) is 14.3. The number of carbonyl (C=O) groups excluding carboxylic acids is 5. The Morgan fingerprint density at radius 2 is 1.71 bits per heavy atom. The van der Waals surface area contributed by atoms with Crippen LogP contribution in [-0.4, -0.2) is 100.0 Å². The van der Waals surface area contributed by atoms with Crippen LogP contribution in [0.5, 0.6) is 0 Å². The predicted molar refractivity (Wildman–Crippen MR) is 183 cm³/mol. The molecule has 2 aromatic rings. The van der Waals surface area contributed by atoms with Gasteiger partial charge in [0.1, 0.15) is 29.1 Å². The van der Waals surface area contributed by atoms with Crippen LogP contribution in [0, 0.1) is 5.41 Å². The van der Waals surface area contributed by atoms with Crippen LogP contribution in [0.15, 0.2) is 53.8 Å². The first-order valence-electron chi connectivity index (χ1n) is 17.0. The molecule has 0 bridgehead atoms. The molecule has 13 nitrogen and oxygen atoms in total. The average Bonchev–Trinajstić information content (AvgIpc) is 3.30. The van der Waals surface area contributed by atoms with Crippen LogP contribution in [0.25, 0.3) is 0 Å². The third kappa shape index (κ3) is 10.1. The minimum absolute atomic E-state index is 0.0142. The Kier molecular flexibility index (Phi) is 12.0. The Morgan fingerprint density at radius 3 is 2.31 bits per heavy atom. The number of benzene rings is 1. The number of nitrogens with one attached hydrogen (secondary N) is 2. The molecule has 4 rings (SSSR count). The van der Waals surface area contributed by atoms with E-state index in [0.717, 1.165) is 5.56 Å². The van der Waals surface area contributed by atoms with Crippen molar-refractivity contribution in [3.63, 3.8) is 0 Å². The molecule has 1 unspecified atom stereocenters. The minimum atomic E-state index is -4.71. The Balaban J connectivity index is 1.62. The van der Waals surface area contributed by atoms with Crippen molar-refractivity contribution in [2.75, 3.05) is 26.2 Å². The van der Waals surface area contributed by atoms with Gasteiger partial charge in [0, 0.05) is 37.8 Å². The number of alkyl halides is 3. The monoisotopic (exact) mass is 730 g/mol. The van der Waals surface area contributed by atoms with Crippen LogP contribution in [0.2, 0.25) is 0 Å². The number of hydrogen-bond acceptors (Lipinski definition) is 9. The molecular formula is C36H45F3N6O7. The predicted octanol–water partition coefficient (Wildman–Crippen LogP) is 4.20. The average molecular weight is 731 g/mol. The van der Waals surface area contributed by atoms with E-state index in [0.29, 0.717) is 16.3 Å². The molecule has 1 aromatic heterocycles. The van der Waals surface area contributed by atoms with Crippen molar-refractivity contribution in [2.24, 2.45) is 10.5 Å². The highest BCUT2D eigenvalue weighted by atomic mass is 19.4. The maximum atomic E-state index is 14.4. The molecular weight excluding hydrogens is 685 g/mol. The molecule has 1 fully saturated rings. The van der Waals surface area contributed by atoms with Crippen molar-refractivity contribution in [3.8, 4) is 0 Å². The smallest absolute Gasteiger partial charge is 0.408 e. The second-order valence-electron chi connectivity index (χ2n) is 14.3. The number of hydrazone groups is 1. The van der Waals surface area contributed by atoms with Gasteiger partial charge in [-0.1, -0.05) is 18.2 Å². The fourth-order valence-corrected chi connectivity index (χ4v) is 6.03. The Labute approximate surface area is 300 Å². The number of carbonyl (C=O) groups is 5. The number of rotatable bonds is 12. The first kappa shape index (κ1) is 39.8. The van der Waals surface area contributed by atoms with Crippen molar-refractivity contribution >= 4 is 35.5 Å². The summed E-state index contributed by atoms with van der Waals surface area (Å²) < 4.78 is 50.8. The molecule has 2 aliphatic rings. The summed E-state index contributed by atoms with van der Waals surface area (Å²) in [6.45, 7) is 7.94. The fourth-order valence-electron chi connectivity index (χ4n) is 6.03. The SMILES string of the molecule is CCOC(=O)c1ccc(CCC(NC(=O)C(C)(C)NC(=O)OC(C)(C)C)C(=O)N2CCC3=NN(CC(F)(F)F)C(=O)[C@]3(Cc3ccccn3)C2)cc1. The number of pyridine rings is 1. The van der Waals surface area contributed by atoms with Crippen molar-refractivity contribution < 1.29 is 46.6 Å². The zero-order chi connectivity index (χ0) is 38.5. The molecule has 2 atom stereocenters. The lowest BCUT2D eigenvalue weighted by Gasteiger charge is -2.41. The van der Waals surface area contributed by atoms with E-state index in [2.05, 4.69) is 20.7 Å². The lowest BCUT2D eigenvalue weighted by Crippen LogP contribution is -2.62. The van der Waals surface area contributed by atoms with Gasteiger partial charge in [0.15, 0.2) is 0 Å². The number of fused-ring (bicyclic) bond motifs is 1. The Morgan fingerprint density at radius 1 is 1.02 bits per heavy atom. The third-order valence-electron chi connectivity index (χ3n) is 8.54. The van der Waals surface area contributed by atoms with E-state index >= 15 is 0 Å². The maximum Gasteiger partial charge on any atom is 0.408 e. The van der Waals surface area contributed by atoms with Gasteiger partial charge in [-0.05, 0) is 84.2 Å². The molecule has 2 N–H and O–H groups in total. The van der Waals surface area contributed by atoms with Crippen LogP contribution in [0.1, 0.15) is 76.0 Å². The molecule has 4 amide bonds. The van der Waals surface area contributed by atoms with Gasteiger partial charge in [0.25, 0.3) is 5.91 Å². The molecule has 0 spiro atoms. The molecule has 2 aliphatic heterocycles. The second kappa shape index (κ2) is 15.7. The van der Waals surface area contributed by atoms with Gasteiger partial charge >= 0.3 is 18.2 Å². The summed E-state index contributed by atoms with van der Waals surface area (Å²) in [5.74, 6) is -2.67. The van der Waals surface area contributed by atoms with Gasteiger partial charge in [-0.2, -0.15) is 18.3 Å². The third-order valence-corrected chi connectivity index (χ3v) is 8.54. The number of aryl methyl sites for hydroxylation is 1. The number of aromatic nitrogens is 1. The first-order valence-corrected chi connectivity index (χ1v) is 17.0. The van der Waals surface area contributed by atoms with E-state index in [9.17, 15) is 37.1 Å². The molecule has 16 heteroatoms. The van der Waals surface area contributed by atoms with Gasteiger partial charge in [-0.25, -0.2) is 14.6 Å². The van der Waals surface area contributed by atoms with E-state index < -0.39 is 65.1 Å². The van der Waals surface area contributed by atoms with E-state index in [1.54, 1.807) is 70.2 Å². The van der Waals surface area contributed by atoms with Gasteiger partial charge in [-0.15, -0.1) is 0 Å². The Hall–Kier alpha value is -5.02. The van der Waals surface area contributed by atoms with Crippen LogP contribution >= 0.6 is 0 Å². The molecule has 0 aliphatic carbocycles. The summed E-state index contributed by atoms with van der Waals surface area (Å²) in [7, 11) is 0. The number of piperidine rings is 1. The molecule has 282 valence electrons. The van der Waals surface area contributed by atoms with Crippen LogP contribution < -0.4 is 10.6 Å². The number of esters is 1. The van der Waals surface area contributed by atoms with Crippen molar-refractivity contribution in [1.29, 1.82) is 0 Å². The zero-order valence-corrected chi connectivity index (χ0v) is 30.1. The highest BCUT2D eigenvalue weighted by Gasteiger charge is 2.56. The fraction of sp³-hybridized carbons (Fsp3) is 0.528. The highest BCUT2D eigenvalue weighted by molar-refractivity contribution is 6.14. The Bertz CT molecular complexity index is 1680. The maximum absolute atomic E-state index is 14.4. The van der Waals surface area contributed by atoms with E-state index in [1.807, 2.05) is 0 Å². The van der Waals surface area contributed by atoms with Crippen LogP contribution in [0.3, 0.4) is 0 Å². The number of hydrogen-bond donors (Lipinski definition) is 2. The molecule has 1 aromatic carbocycles. The lowest BCUT2D eigenvalue weighted by molar-refractivity contribution is -0.164. The summed E-state index contributed by atoms with van der Waals surface area (Å²) in [6.07, 6.45) is -3.82. The largest absolute Gasteiger partial charge is 0.462 e. The number of amides is 4. The van der Waals surface area contributed by atoms with Crippen molar-refractivity contribution in [2.45, 2.75) is 90.6 Å². The summed E-state index contributed by atoms with van der Waals surface area (Å²) in [5, 5.41) is 9.77. The summed E-state index contributed by atoms with van der Waals surface area (Å²) >= 11 is 0. The quantitative estimate of drug-likeness (QED) is 0.308. The summed E-state index contributed by atoms with van der Waals surface area (Å²) in [4.78, 5) is 72.2. The number of nitrogens with zero attached hydrogens (tertiary/aromatic N) is 4. The summed E-state index contributed by atoms with van der Waals surface area (Å²) in [5.41, 5.74) is -2.26. The number of halogens is 3. The molecule has 1 saturated heterocycles. The molecule has 0 radical (unpaired) electrons. The minimum Gasteiger partial charge on any atom is -0.462 e. The number of ether oxygens (including phenoxy) is 2. The summed E-state index contributed by atoms with van der Waals surface area (Å²) in [6, 6.07) is 10.4. The van der Waals surface area contributed by atoms with E-state index in [1.165, 1.54) is 24.9 Å².